The molecule has 1 aromatic carbocycles. The van der Waals surface area contributed by atoms with Crippen LogP contribution in [0.3, 0.4) is 0 Å². The molecule has 3 rings (SSSR count). The molecule has 0 N–H and O–H groups in total. The van der Waals surface area contributed by atoms with Gasteiger partial charge in [0.05, 0.1) is 5.69 Å². The predicted octanol–water partition coefficient (Wildman–Crippen LogP) is 4.92. The van der Waals surface area contributed by atoms with Crippen molar-refractivity contribution in [1.82, 2.24) is 0 Å². The van der Waals surface area contributed by atoms with Crippen molar-refractivity contribution in [3.63, 3.8) is 0 Å². The molecule has 0 aliphatic heterocycles. The van der Waals surface area contributed by atoms with E-state index in [0.717, 1.165) is 17.5 Å². The van der Waals surface area contributed by atoms with Crippen molar-refractivity contribution in [2.45, 2.75) is 38.8 Å². The third kappa shape index (κ3) is 2.27. The molecule has 3 atom stereocenters. The van der Waals surface area contributed by atoms with Crippen LogP contribution in [-0.4, -0.2) is 24.7 Å². The number of rotatable bonds is 2. The maximum absolute atomic E-state index is 5.18. The number of aliphatic imine (C=N–C) groups is 1. The largest absolute Gasteiger partial charge is 0.256 e. The van der Waals surface area contributed by atoms with Crippen LogP contribution in [0.2, 0.25) is 0 Å². The number of fused-ring (bicyclic) bond motifs is 2. The summed E-state index contributed by atoms with van der Waals surface area (Å²) in [6.45, 7) is 9.24. The zero-order valence-corrected chi connectivity index (χ0v) is 13.4. The van der Waals surface area contributed by atoms with E-state index in [1.54, 1.807) is 5.71 Å². The minimum absolute atomic E-state index is 0.0981. The Hall–Kier alpha value is -0.680. The van der Waals surface area contributed by atoms with Gasteiger partial charge in [-0.15, -0.1) is 7.92 Å². The summed E-state index contributed by atoms with van der Waals surface area (Å²) in [5, 5.41) is 0. The van der Waals surface area contributed by atoms with E-state index in [-0.39, 0.29) is 7.92 Å². The second-order valence-corrected chi connectivity index (χ2v) is 8.94. The van der Waals surface area contributed by atoms with Gasteiger partial charge in [0, 0.05) is 11.4 Å². The Morgan fingerprint density at radius 1 is 1.11 bits per heavy atom. The molecule has 0 radical (unpaired) electrons. The number of nitrogens with zero attached hydrogens (tertiary/aromatic N) is 1. The van der Waals surface area contributed by atoms with Gasteiger partial charge in [0.15, 0.2) is 0 Å². The summed E-state index contributed by atoms with van der Waals surface area (Å²) in [5.41, 5.74) is 6.24. The molecule has 0 spiro atoms. The molecule has 2 aliphatic carbocycles. The van der Waals surface area contributed by atoms with E-state index < -0.39 is 0 Å². The van der Waals surface area contributed by atoms with Crippen molar-refractivity contribution >= 4 is 19.3 Å². The van der Waals surface area contributed by atoms with Gasteiger partial charge in [0.2, 0.25) is 0 Å². The number of aryl methyl sites for hydroxylation is 2. The van der Waals surface area contributed by atoms with Crippen LogP contribution in [0.25, 0.3) is 0 Å². The van der Waals surface area contributed by atoms with E-state index in [4.69, 9.17) is 4.99 Å². The highest BCUT2D eigenvalue weighted by Crippen LogP contribution is 2.54. The molecule has 2 saturated carbocycles. The van der Waals surface area contributed by atoms with Crippen LogP contribution < -0.4 is 0 Å². The van der Waals surface area contributed by atoms with Gasteiger partial charge in [0.1, 0.15) is 0 Å². The van der Waals surface area contributed by atoms with Gasteiger partial charge < -0.3 is 0 Å². The molecule has 1 nitrogen and oxygen atoms in total. The van der Waals surface area contributed by atoms with Crippen LogP contribution >= 0.6 is 7.92 Å². The summed E-state index contributed by atoms with van der Waals surface area (Å²) in [5.74, 6) is 1.73. The first kappa shape index (κ1) is 13.3. The highest BCUT2D eigenvalue weighted by atomic mass is 31.1. The Balaban J connectivity index is 2.02. The lowest BCUT2D eigenvalue weighted by molar-refractivity contribution is 0.598. The fourth-order valence-corrected chi connectivity index (χ4v) is 5.92. The van der Waals surface area contributed by atoms with Gasteiger partial charge in [-0.2, -0.15) is 0 Å². The fraction of sp³-hybridized carbons (Fsp3) is 0.588. The molecule has 1 aromatic rings. The normalized spacial score (nSPS) is 31.6. The smallest absolute Gasteiger partial charge is 0.0687 e. The minimum Gasteiger partial charge on any atom is -0.256 e. The third-order valence-corrected chi connectivity index (χ3v) is 6.68. The molecule has 2 heteroatoms. The maximum Gasteiger partial charge on any atom is 0.0687 e. The second-order valence-electron chi connectivity index (χ2n) is 6.46. The number of hydrogen-bond donors (Lipinski definition) is 0. The van der Waals surface area contributed by atoms with E-state index in [1.807, 2.05) is 0 Å². The molecule has 0 heterocycles. The van der Waals surface area contributed by atoms with Gasteiger partial charge in [-0.3, -0.25) is 4.99 Å². The third-order valence-electron chi connectivity index (χ3n) is 4.88. The van der Waals surface area contributed by atoms with E-state index in [0.29, 0.717) is 0 Å². The summed E-state index contributed by atoms with van der Waals surface area (Å²) >= 11 is 0. The Morgan fingerprint density at radius 3 is 2.42 bits per heavy atom. The van der Waals surface area contributed by atoms with Gasteiger partial charge in [-0.05, 0) is 69.4 Å². The van der Waals surface area contributed by atoms with Crippen LogP contribution in [0.15, 0.2) is 23.2 Å². The lowest BCUT2D eigenvalue weighted by Crippen LogP contribution is -2.26. The molecule has 2 bridgehead atoms. The topological polar surface area (TPSA) is 12.4 Å². The minimum atomic E-state index is 0.0981. The zero-order chi connectivity index (χ0) is 13.6. The molecule has 19 heavy (non-hydrogen) atoms. The summed E-state index contributed by atoms with van der Waals surface area (Å²) in [7, 11) is 0.0981. The first-order valence-corrected chi connectivity index (χ1v) is 9.69. The van der Waals surface area contributed by atoms with Gasteiger partial charge in [-0.25, -0.2) is 0 Å². The standard InChI is InChI=1S/C17H24NP/c1-11-6-5-7-12(2)15(11)18-16-13-8-9-14(10-13)17(16)19(3)4/h5-7,13-14,17H,8-10H2,1-4H3. The predicted molar refractivity (Wildman–Crippen MR) is 86.4 cm³/mol. The Kier molecular flexibility index (Phi) is 3.52. The molecule has 0 saturated heterocycles. The van der Waals surface area contributed by atoms with Crippen LogP contribution in [-0.2, 0) is 0 Å². The Morgan fingerprint density at radius 2 is 1.79 bits per heavy atom. The summed E-state index contributed by atoms with van der Waals surface area (Å²) in [6.07, 6.45) is 4.24. The maximum atomic E-state index is 5.18. The molecule has 3 unspecified atom stereocenters. The second kappa shape index (κ2) is 5.02. The van der Waals surface area contributed by atoms with Crippen LogP contribution in [0.4, 0.5) is 5.69 Å². The van der Waals surface area contributed by atoms with E-state index in [2.05, 4.69) is 45.4 Å². The average Bonchev–Trinajstić information content (AvgIpc) is 2.94. The summed E-state index contributed by atoms with van der Waals surface area (Å²) in [4.78, 5) is 5.18. The summed E-state index contributed by atoms with van der Waals surface area (Å²) in [6, 6.07) is 6.52. The fourth-order valence-electron chi connectivity index (χ4n) is 4.01. The number of hydrogen-bond acceptors (Lipinski definition) is 1. The van der Waals surface area contributed by atoms with Crippen molar-refractivity contribution in [1.29, 1.82) is 0 Å². The van der Waals surface area contributed by atoms with E-state index in [9.17, 15) is 0 Å². The van der Waals surface area contributed by atoms with E-state index >= 15 is 0 Å². The Bertz CT molecular complexity index is 498. The van der Waals surface area contributed by atoms with E-state index in [1.165, 1.54) is 36.1 Å². The zero-order valence-electron chi connectivity index (χ0n) is 12.5. The monoisotopic (exact) mass is 273 g/mol. The molecule has 2 fully saturated rings. The molecule has 2 aliphatic rings. The lowest BCUT2D eigenvalue weighted by atomic mass is 9.97. The van der Waals surface area contributed by atoms with Crippen molar-refractivity contribution < 1.29 is 0 Å². The number of benzene rings is 1. The Labute approximate surface area is 118 Å². The SMILES string of the molecule is Cc1cccc(C)c1N=C1C2CCC(C2)C1P(C)C. The van der Waals surface area contributed by atoms with Crippen molar-refractivity contribution in [2.75, 3.05) is 13.3 Å². The van der Waals surface area contributed by atoms with Gasteiger partial charge in [-0.1, -0.05) is 18.2 Å². The molecule has 102 valence electrons. The molecular formula is C17H24NP. The van der Waals surface area contributed by atoms with Crippen LogP contribution in [0, 0.1) is 25.7 Å². The average molecular weight is 273 g/mol. The molecule has 0 amide bonds. The summed E-state index contributed by atoms with van der Waals surface area (Å²) < 4.78 is 0. The molecular weight excluding hydrogens is 249 g/mol. The van der Waals surface area contributed by atoms with Crippen LogP contribution in [0.5, 0.6) is 0 Å². The van der Waals surface area contributed by atoms with Gasteiger partial charge >= 0.3 is 0 Å². The van der Waals surface area contributed by atoms with Crippen molar-refractivity contribution in [3.05, 3.63) is 29.3 Å². The van der Waals surface area contributed by atoms with Gasteiger partial charge in [0.25, 0.3) is 0 Å². The van der Waals surface area contributed by atoms with Crippen molar-refractivity contribution in [2.24, 2.45) is 16.8 Å². The number of para-hydroxylation sites is 1. The lowest BCUT2D eigenvalue weighted by Gasteiger charge is -2.27. The first-order chi connectivity index (χ1) is 9.08. The molecule has 0 aromatic heterocycles. The van der Waals surface area contributed by atoms with Crippen LogP contribution in [0.1, 0.15) is 30.4 Å². The highest BCUT2D eigenvalue weighted by molar-refractivity contribution is 7.58. The quantitative estimate of drug-likeness (QED) is 0.678. The van der Waals surface area contributed by atoms with Crippen molar-refractivity contribution in [3.8, 4) is 0 Å². The first-order valence-electron chi connectivity index (χ1n) is 7.39. The highest BCUT2D eigenvalue weighted by Gasteiger charge is 2.46.